The molecule has 0 aromatic heterocycles. The molecule has 1 amide bonds. The van der Waals surface area contributed by atoms with Gasteiger partial charge >= 0.3 is 12.1 Å². The summed E-state index contributed by atoms with van der Waals surface area (Å²) in [5.41, 5.74) is 0. The van der Waals surface area contributed by atoms with Gasteiger partial charge in [0.1, 0.15) is 0 Å². The minimum Gasteiger partial charge on any atom is -0.346 e. The summed E-state index contributed by atoms with van der Waals surface area (Å²) in [5, 5.41) is 2.10. The first-order valence-corrected chi connectivity index (χ1v) is 7.16. The van der Waals surface area contributed by atoms with Gasteiger partial charge in [-0.05, 0) is 32.7 Å². The molecule has 0 radical (unpaired) electrons. The third-order valence-corrected chi connectivity index (χ3v) is 4.34. The van der Waals surface area contributed by atoms with E-state index >= 15 is 0 Å². The monoisotopic (exact) mass is 293 g/mol. The van der Waals surface area contributed by atoms with Crippen LogP contribution in [0.3, 0.4) is 0 Å². The molecule has 1 N–H and O–H groups in total. The predicted octanol–water partition coefficient (Wildman–Crippen LogP) is 1.22. The number of rotatable bonds is 2. The second kappa shape index (κ2) is 6.30. The van der Waals surface area contributed by atoms with E-state index in [2.05, 4.69) is 22.2 Å². The molecule has 2 aliphatic rings. The van der Waals surface area contributed by atoms with Crippen molar-refractivity contribution in [2.45, 2.75) is 43.9 Å². The second-order valence-electron chi connectivity index (χ2n) is 5.82. The molecule has 2 fully saturated rings. The van der Waals surface area contributed by atoms with Crippen molar-refractivity contribution in [3.63, 3.8) is 0 Å². The Kier molecular flexibility index (Phi) is 4.90. The number of alkyl halides is 3. The fraction of sp³-hybridized carbons (Fsp3) is 0.923. The number of carbonyl (C=O) groups is 1. The highest BCUT2D eigenvalue weighted by Gasteiger charge is 2.40. The average Bonchev–Trinajstić information content (AvgIpc) is 2.39. The molecule has 1 aliphatic carbocycles. The van der Waals surface area contributed by atoms with Crippen molar-refractivity contribution in [3.8, 4) is 0 Å². The summed E-state index contributed by atoms with van der Waals surface area (Å²) >= 11 is 0. The number of halogens is 3. The van der Waals surface area contributed by atoms with Gasteiger partial charge < -0.3 is 10.2 Å². The highest BCUT2D eigenvalue weighted by molar-refractivity contribution is 5.81. The summed E-state index contributed by atoms with van der Waals surface area (Å²) < 4.78 is 36.6. The van der Waals surface area contributed by atoms with Gasteiger partial charge in [-0.15, -0.1) is 0 Å². The molecular weight excluding hydrogens is 271 g/mol. The number of likely N-dealkylation sites (N-methyl/N-ethyl adjacent to an activating group) is 1. The van der Waals surface area contributed by atoms with Gasteiger partial charge in [0.25, 0.3) is 0 Å². The standard InChI is InChI=1S/C13H22F3N3O/c1-18-6-8-19(9-7-18)11-4-2-10(3-5-11)17-12(20)13(14,15)16/h10-11H,2-9H2,1H3,(H,17,20)/t10-,11+. The van der Waals surface area contributed by atoms with Crippen LogP contribution < -0.4 is 5.32 Å². The lowest BCUT2D eigenvalue weighted by Crippen LogP contribution is -2.52. The summed E-state index contributed by atoms with van der Waals surface area (Å²) in [7, 11) is 2.10. The molecule has 116 valence electrons. The van der Waals surface area contributed by atoms with E-state index in [4.69, 9.17) is 0 Å². The summed E-state index contributed by atoms with van der Waals surface area (Å²) in [6, 6.07) is 0.135. The van der Waals surface area contributed by atoms with E-state index in [1.165, 1.54) is 0 Å². The number of piperazine rings is 1. The Morgan fingerprint density at radius 1 is 1.05 bits per heavy atom. The second-order valence-corrected chi connectivity index (χ2v) is 5.82. The van der Waals surface area contributed by atoms with Crippen molar-refractivity contribution in [1.82, 2.24) is 15.1 Å². The number of amides is 1. The largest absolute Gasteiger partial charge is 0.471 e. The van der Waals surface area contributed by atoms with Crippen LogP contribution in [0, 0.1) is 0 Å². The highest BCUT2D eigenvalue weighted by Crippen LogP contribution is 2.25. The first-order valence-electron chi connectivity index (χ1n) is 7.16. The molecule has 20 heavy (non-hydrogen) atoms. The lowest BCUT2D eigenvalue weighted by molar-refractivity contribution is -0.174. The zero-order valence-electron chi connectivity index (χ0n) is 11.7. The van der Waals surface area contributed by atoms with Crippen LogP contribution in [-0.4, -0.2) is 67.2 Å². The maximum absolute atomic E-state index is 12.2. The minimum absolute atomic E-state index is 0.326. The van der Waals surface area contributed by atoms with Crippen molar-refractivity contribution in [3.05, 3.63) is 0 Å². The number of nitrogens with zero attached hydrogens (tertiary/aromatic N) is 2. The molecule has 4 nitrogen and oxygen atoms in total. The SMILES string of the molecule is CN1CCN([C@H]2CC[C@@H](NC(=O)C(F)(F)F)CC2)CC1. The van der Waals surface area contributed by atoms with Gasteiger partial charge in [0.15, 0.2) is 0 Å². The van der Waals surface area contributed by atoms with E-state index in [-0.39, 0.29) is 6.04 Å². The molecule has 7 heteroatoms. The van der Waals surface area contributed by atoms with Gasteiger partial charge in [-0.1, -0.05) is 0 Å². The van der Waals surface area contributed by atoms with Crippen molar-refractivity contribution in [2.24, 2.45) is 0 Å². The lowest BCUT2D eigenvalue weighted by Gasteiger charge is -2.41. The third-order valence-electron chi connectivity index (χ3n) is 4.34. The minimum atomic E-state index is -4.77. The molecule has 1 aliphatic heterocycles. The van der Waals surface area contributed by atoms with Gasteiger partial charge in [-0.2, -0.15) is 13.2 Å². The summed E-state index contributed by atoms with van der Waals surface area (Å²) in [4.78, 5) is 15.6. The Balaban J connectivity index is 1.74. The molecule has 0 bridgehead atoms. The predicted molar refractivity (Wildman–Crippen MR) is 69.3 cm³/mol. The fourth-order valence-electron chi connectivity index (χ4n) is 3.04. The number of hydrogen-bond donors (Lipinski definition) is 1. The molecule has 0 spiro atoms. The Bertz CT molecular complexity index is 332. The van der Waals surface area contributed by atoms with Crippen molar-refractivity contribution in [2.75, 3.05) is 33.2 Å². The van der Waals surface area contributed by atoms with Crippen molar-refractivity contribution >= 4 is 5.91 Å². The van der Waals surface area contributed by atoms with E-state index in [0.29, 0.717) is 18.9 Å². The first kappa shape index (κ1) is 15.6. The number of hydrogen-bond acceptors (Lipinski definition) is 3. The lowest BCUT2D eigenvalue weighted by atomic mass is 9.89. The quantitative estimate of drug-likeness (QED) is 0.831. The Hall–Kier alpha value is -0.820. The number of carbonyl (C=O) groups excluding carboxylic acids is 1. The maximum atomic E-state index is 12.2. The van der Waals surface area contributed by atoms with Crippen LogP contribution in [0.25, 0.3) is 0 Å². The Labute approximate surface area is 117 Å². The zero-order chi connectivity index (χ0) is 14.8. The molecule has 1 heterocycles. The average molecular weight is 293 g/mol. The van der Waals surface area contributed by atoms with E-state index in [1.54, 1.807) is 0 Å². The summed E-state index contributed by atoms with van der Waals surface area (Å²) in [6.45, 7) is 4.15. The normalized spacial score (nSPS) is 30.2. The van der Waals surface area contributed by atoms with Crippen LogP contribution in [0.5, 0.6) is 0 Å². The van der Waals surface area contributed by atoms with Gasteiger partial charge in [0.05, 0.1) is 0 Å². The topological polar surface area (TPSA) is 35.6 Å². The van der Waals surface area contributed by atoms with Gasteiger partial charge in [0, 0.05) is 38.3 Å². The van der Waals surface area contributed by atoms with Crippen LogP contribution in [0.4, 0.5) is 13.2 Å². The Morgan fingerprint density at radius 3 is 2.10 bits per heavy atom. The molecule has 2 rings (SSSR count). The number of nitrogens with one attached hydrogen (secondary N) is 1. The van der Waals surface area contributed by atoms with Crippen LogP contribution in [-0.2, 0) is 4.79 Å². The zero-order valence-corrected chi connectivity index (χ0v) is 11.7. The maximum Gasteiger partial charge on any atom is 0.471 e. The molecular formula is C13H22F3N3O. The van der Waals surface area contributed by atoms with Gasteiger partial charge in [0.2, 0.25) is 0 Å². The van der Waals surface area contributed by atoms with Crippen molar-refractivity contribution < 1.29 is 18.0 Å². The van der Waals surface area contributed by atoms with Crippen LogP contribution >= 0.6 is 0 Å². The molecule has 1 saturated carbocycles. The molecule has 0 aromatic rings. The van der Waals surface area contributed by atoms with Gasteiger partial charge in [-0.3, -0.25) is 9.69 Å². The summed E-state index contributed by atoms with van der Waals surface area (Å²) in [6.07, 6.45) is -1.76. The smallest absolute Gasteiger partial charge is 0.346 e. The fourth-order valence-corrected chi connectivity index (χ4v) is 3.04. The van der Waals surface area contributed by atoms with E-state index in [0.717, 1.165) is 39.0 Å². The molecule has 1 saturated heterocycles. The summed E-state index contributed by atoms with van der Waals surface area (Å²) in [5.74, 6) is -1.81. The van der Waals surface area contributed by atoms with Crippen LogP contribution in [0.15, 0.2) is 0 Å². The molecule has 0 aromatic carbocycles. The third kappa shape index (κ3) is 4.09. The molecule has 0 unspecified atom stereocenters. The molecule has 0 atom stereocenters. The van der Waals surface area contributed by atoms with Crippen LogP contribution in [0.1, 0.15) is 25.7 Å². The van der Waals surface area contributed by atoms with E-state index in [1.807, 2.05) is 0 Å². The Morgan fingerprint density at radius 2 is 1.60 bits per heavy atom. The van der Waals surface area contributed by atoms with Crippen molar-refractivity contribution in [1.29, 1.82) is 0 Å². The van der Waals surface area contributed by atoms with Gasteiger partial charge in [-0.25, -0.2) is 0 Å². The van der Waals surface area contributed by atoms with E-state index in [9.17, 15) is 18.0 Å². The van der Waals surface area contributed by atoms with E-state index < -0.39 is 12.1 Å². The first-order chi connectivity index (χ1) is 9.36. The highest BCUT2D eigenvalue weighted by atomic mass is 19.4. The van der Waals surface area contributed by atoms with Crippen LogP contribution in [0.2, 0.25) is 0 Å².